The van der Waals surface area contributed by atoms with Crippen molar-refractivity contribution in [2.24, 2.45) is 0 Å². The minimum Gasteiger partial charge on any atom is -0.490 e. The average molecular weight is 406 g/mol. The fourth-order valence-electron chi connectivity index (χ4n) is 3.12. The Balaban J connectivity index is 1.67. The van der Waals surface area contributed by atoms with Crippen molar-refractivity contribution >= 4 is 11.4 Å². The van der Waals surface area contributed by atoms with Crippen LogP contribution in [0, 0.1) is 10.1 Å². The van der Waals surface area contributed by atoms with Crippen LogP contribution in [0.1, 0.15) is 30.5 Å². The lowest BCUT2D eigenvalue weighted by Crippen LogP contribution is -2.04. The van der Waals surface area contributed by atoms with Crippen molar-refractivity contribution in [3.8, 4) is 11.5 Å². The van der Waals surface area contributed by atoms with E-state index in [1.54, 1.807) is 12.1 Å². The Hall–Kier alpha value is -3.54. The average Bonchev–Trinajstić information content (AvgIpc) is 2.77. The first-order valence-electron chi connectivity index (χ1n) is 10.0. The standard InChI is InChI=1S/C24H26N2O4/c1-3-20-7-5-6-8-22(20)25-16-19-11-14-23(24(15-19)29-4-2)30-17-18-9-12-21(13-10-18)26(27)28/h5-15,25H,3-4,16-17H2,1-2H3. The van der Waals surface area contributed by atoms with Gasteiger partial charge in [0.2, 0.25) is 0 Å². The van der Waals surface area contributed by atoms with Crippen LogP contribution in [0.3, 0.4) is 0 Å². The van der Waals surface area contributed by atoms with Crippen LogP contribution in [0.25, 0.3) is 0 Å². The molecule has 0 aliphatic rings. The number of ether oxygens (including phenoxy) is 2. The lowest BCUT2D eigenvalue weighted by molar-refractivity contribution is -0.384. The van der Waals surface area contributed by atoms with E-state index < -0.39 is 4.92 Å². The molecular formula is C24H26N2O4. The van der Waals surface area contributed by atoms with Crippen LogP contribution in [0.2, 0.25) is 0 Å². The third-order valence-electron chi connectivity index (χ3n) is 4.73. The molecule has 0 aliphatic carbocycles. The fourth-order valence-corrected chi connectivity index (χ4v) is 3.12. The highest BCUT2D eigenvalue weighted by Gasteiger charge is 2.09. The predicted octanol–water partition coefficient (Wildman–Crippen LogP) is 5.75. The third-order valence-corrected chi connectivity index (χ3v) is 4.73. The number of hydrogen-bond acceptors (Lipinski definition) is 5. The second kappa shape index (κ2) is 10.3. The van der Waals surface area contributed by atoms with Gasteiger partial charge < -0.3 is 14.8 Å². The Morgan fingerprint density at radius 1 is 0.900 bits per heavy atom. The van der Waals surface area contributed by atoms with Gasteiger partial charge in [0.15, 0.2) is 11.5 Å². The lowest BCUT2D eigenvalue weighted by atomic mass is 10.1. The summed E-state index contributed by atoms with van der Waals surface area (Å²) in [5, 5.41) is 14.3. The van der Waals surface area contributed by atoms with E-state index in [0.717, 1.165) is 23.2 Å². The van der Waals surface area contributed by atoms with Gasteiger partial charge in [-0.3, -0.25) is 10.1 Å². The first-order valence-corrected chi connectivity index (χ1v) is 10.0. The number of nitrogens with one attached hydrogen (secondary N) is 1. The molecule has 3 aromatic carbocycles. The quantitative estimate of drug-likeness (QED) is 0.343. The van der Waals surface area contributed by atoms with Gasteiger partial charge in [0.1, 0.15) is 6.61 Å². The molecule has 1 N–H and O–H groups in total. The maximum absolute atomic E-state index is 10.8. The van der Waals surface area contributed by atoms with Crippen LogP contribution in [0.4, 0.5) is 11.4 Å². The number of aryl methyl sites for hydroxylation is 1. The first-order chi connectivity index (χ1) is 14.6. The predicted molar refractivity (Wildman–Crippen MR) is 118 cm³/mol. The highest BCUT2D eigenvalue weighted by Crippen LogP contribution is 2.30. The smallest absolute Gasteiger partial charge is 0.269 e. The van der Waals surface area contributed by atoms with Crippen molar-refractivity contribution in [3.63, 3.8) is 0 Å². The molecule has 6 nitrogen and oxygen atoms in total. The maximum atomic E-state index is 10.8. The number of nitrogens with zero attached hydrogens (tertiary/aromatic N) is 1. The highest BCUT2D eigenvalue weighted by molar-refractivity contribution is 5.52. The monoisotopic (exact) mass is 406 g/mol. The summed E-state index contributed by atoms with van der Waals surface area (Å²) < 4.78 is 11.7. The molecule has 3 aromatic rings. The van der Waals surface area contributed by atoms with Crippen LogP contribution in [-0.4, -0.2) is 11.5 Å². The summed E-state index contributed by atoms with van der Waals surface area (Å²) >= 11 is 0. The van der Waals surface area contributed by atoms with E-state index in [9.17, 15) is 10.1 Å². The SMILES string of the molecule is CCOc1cc(CNc2ccccc2CC)ccc1OCc1ccc([N+](=O)[O-])cc1. The van der Waals surface area contributed by atoms with Gasteiger partial charge in [-0.25, -0.2) is 0 Å². The Bertz CT molecular complexity index is 987. The molecular weight excluding hydrogens is 380 g/mol. The summed E-state index contributed by atoms with van der Waals surface area (Å²) in [6.45, 7) is 5.59. The second-order valence-corrected chi connectivity index (χ2v) is 6.79. The number of non-ortho nitro benzene ring substituents is 1. The van der Waals surface area contributed by atoms with E-state index in [1.807, 2.05) is 37.3 Å². The molecule has 6 heteroatoms. The molecule has 30 heavy (non-hydrogen) atoms. The van der Waals surface area contributed by atoms with Crippen LogP contribution in [0.5, 0.6) is 11.5 Å². The minimum atomic E-state index is -0.413. The Morgan fingerprint density at radius 2 is 1.63 bits per heavy atom. The summed E-state index contributed by atoms with van der Waals surface area (Å²) in [6, 6.07) is 20.5. The fraction of sp³-hybridized carbons (Fsp3) is 0.250. The molecule has 0 saturated heterocycles. The number of anilines is 1. The summed E-state index contributed by atoms with van der Waals surface area (Å²) in [7, 11) is 0. The van der Waals surface area contributed by atoms with E-state index in [1.165, 1.54) is 17.7 Å². The van der Waals surface area contributed by atoms with Gasteiger partial charge in [-0.1, -0.05) is 31.2 Å². The Labute approximate surface area is 176 Å². The molecule has 0 bridgehead atoms. The lowest BCUT2D eigenvalue weighted by Gasteiger charge is -2.15. The van der Waals surface area contributed by atoms with Crippen molar-refractivity contribution in [3.05, 3.63) is 93.5 Å². The number of nitro groups is 1. The van der Waals surface area contributed by atoms with Gasteiger partial charge in [0.05, 0.1) is 11.5 Å². The van der Waals surface area contributed by atoms with E-state index >= 15 is 0 Å². The summed E-state index contributed by atoms with van der Waals surface area (Å²) in [5.74, 6) is 1.33. The first kappa shape index (κ1) is 21.2. The van der Waals surface area contributed by atoms with Gasteiger partial charge in [0, 0.05) is 24.4 Å². The molecule has 0 aliphatic heterocycles. The van der Waals surface area contributed by atoms with Crippen molar-refractivity contribution in [1.29, 1.82) is 0 Å². The molecule has 0 heterocycles. The molecule has 0 saturated carbocycles. The van der Waals surface area contributed by atoms with Gasteiger partial charge in [-0.05, 0) is 60.4 Å². The largest absolute Gasteiger partial charge is 0.490 e. The topological polar surface area (TPSA) is 73.6 Å². The van der Waals surface area contributed by atoms with Crippen molar-refractivity contribution in [1.82, 2.24) is 0 Å². The zero-order valence-electron chi connectivity index (χ0n) is 17.3. The van der Waals surface area contributed by atoms with Gasteiger partial charge >= 0.3 is 0 Å². The van der Waals surface area contributed by atoms with Crippen LogP contribution in [0.15, 0.2) is 66.7 Å². The number of rotatable bonds is 10. The molecule has 0 unspecified atom stereocenters. The Kier molecular flexibility index (Phi) is 7.27. The van der Waals surface area contributed by atoms with Gasteiger partial charge in [-0.15, -0.1) is 0 Å². The maximum Gasteiger partial charge on any atom is 0.269 e. The zero-order chi connectivity index (χ0) is 21.3. The minimum absolute atomic E-state index is 0.0651. The molecule has 0 amide bonds. The molecule has 0 radical (unpaired) electrons. The summed E-state index contributed by atoms with van der Waals surface area (Å²) in [4.78, 5) is 10.4. The van der Waals surface area contributed by atoms with E-state index in [-0.39, 0.29) is 5.69 Å². The van der Waals surface area contributed by atoms with Gasteiger partial charge in [0.25, 0.3) is 5.69 Å². The van der Waals surface area contributed by atoms with Crippen LogP contribution in [-0.2, 0) is 19.6 Å². The molecule has 0 atom stereocenters. The number of hydrogen-bond donors (Lipinski definition) is 1. The highest BCUT2D eigenvalue weighted by atomic mass is 16.6. The van der Waals surface area contributed by atoms with Gasteiger partial charge in [-0.2, -0.15) is 0 Å². The molecule has 0 spiro atoms. The normalized spacial score (nSPS) is 10.5. The summed E-state index contributed by atoms with van der Waals surface area (Å²) in [6.07, 6.45) is 0.975. The number of benzene rings is 3. The summed E-state index contributed by atoms with van der Waals surface area (Å²) in [5.41, 5.74) is 4.43. The number of para-hydroxylation sites is 1. The van der Waals surface area contributed by atoms with Crippen LogP contribution >= 0.6 is 0 Å². The third kappa shape index (κ3) is 5.50. The van der Waals surface area contributed by atoms with E-state index in [4.69, 9.17) is 9.47 Å². The van der Waals surface area contributed by atoms with E-state index in [2.05, 4.69) is 24.4 Å². The molecule has 156 valence electrons. The van der Waals surface area contributed by atoms with Crippen LogP contribution < -0.4 is 14.8 Å². The van der Waals surface area contributed by atoms with Crippen molar-refractivity contribution in [2.75, 3.05) is 11.9 Å². The Morgan fingerprint density at radius 3 is 2.33 bits per heavy atom. The molecule has 0 fully saturated rings. The second-order valence-electron chi connectivity index (χ2n) is 6.79. The van der Waals surface area contributed by atoms with Crippen molar-refractivity contribution in [2.45, 2.75) is 33.4 Å². The number of nitro benzene ring substituents is 1. The molecule has 3 rings (SSSR count). The zero-order valence-corrected chi connectivity index (χ0v) is 17.3. The van der Waals surface area contributed by atoms with Crippen molar-refractivity contribution < 1.29 is 14.4 Å². The van der Waals surface area contributed by atoms with E-state index in [0.29, 0.717) is 31.3 Å². The molecule has 0 aromatic heterocycles.